The number of hydrogen-bond donors (Lipinski definition) is 2. The summed E-state index contributed by atoms with van der Waals surface area (Å²) in [6, 6.07) is 0.00484. The normalized spacial score (nSPS) is 25.1. The summed E-state index contributed by atoms with van der Waals surface area (Å²) in [5, 5.41) is 7.19. The molecule has 1 saturated carbocycles. The Morgan fingerprint density at radius 1 is 1.67 bits per heavy atom. The van der Waals surface area contributed by atoms with Gasteiger partial charge in [0.25, 0.3) is 0 Å². The van der Waals surface area contributed by atoms with Gasteiger partial charge in [-0.15, -0.1) is 0 Å². The van der Waals surface area contributed by atoms with E-state index >= 15 is 0 Å². The van der Waals surface area contributed by atoms with Gasteiger partial charge in [-0.1, -0.05) is 6.42 Å². The second kappa shape index (κ2) is 5.52. The molecule has 1 aliphatic rings. The van der Waals surface area contributed by atoms with Gasteiger partial charge in [-0.3, -0.25) is 9.48 Å². The van der Waals surface area contributed by atoms with Gasteiger partial charge in [0.1, 0.15) is 0 Å². The van der Waals surface area contributed by atoms with E-state index in [1.165, 1.54) is 0 Å². The van der Waals surface area contributed by atoms with Gasteiger partial charge in [-0.05, 0) is 32.2 Å². The van der Waals surface area contributed by atoms with E-state index in [1.807, 2.05) is 20.2 Å². The minimum atomic E-state index is 0.00484. The van der Waals surface area contributed by atoms with Crippen LogP contribution in [0.2, 0.25) is 0 Å². The molecule has 5 nitrogen and oxygen atoms in total. The highest BCUT2D eigenvalue weighted by Gasteiger charge is 2.32. The highest BCUT2D eigenvalue weighted by Crippen LogP contribution is 2.31. The lowest BCUT2D eigenvalue weighted by molar-refractivity contribution is -0.126. The van der Waals surface area contributed by atoms with Crippen LogP contribution in [-0.4, -0.2) is 22.2 Å². The molecule has 3 atom stereocenters. The number of hydrogen-bond acceptors (Lipinski definition) is 3. The molecule has 0 aromatic carbocycles. The molecule has 0 spiro atoms. The molecule has 100 valence electrons. The molecule has 1 aromatic rings. The molecule has 0 bridgehead atoms. The molecular weight excluding hydrogens is 228 g/mol. The lowest BCUT2D eigenvalue weighted by Crippen LogP contribution is -2.36. The second-order valence-corrected chi connectivity index (χ2v) is 5.21. The van der Waals surface area contributed by atoms with E-state index in [-0.39, 0.29) is 17.9 Å². The zero-order valence-electron chi connectivity index (χ0n) is 11.1. The van der Waals surface area contributed by atoms with Crippen molar-refractivity contribution in [2.45, 2.75) is 32.2 Å². The van der Waals surface area contributed by atoms with Crippen LogP contribution in [0, 0.1) is 11.8 Å². The number of aryl methyl sites for hydroxylation is 1. The molecule has 1 amide bonds. The Morgan fingerprint density at radius 2 is 2.44 bits per heavy atom. The van der Waals surface area contributed by atoms with Gasteiger partial charge in [0.15, 0.2) is 0 Å². The minimum Gasteiger partial charge on any atom is -0.349 e. The Bertz CT molecular complexity index is 415. The lowest BCUT2D eigenvalue weighted by atomic mass is 9.95. The largest absolute Gasteiger partial charge is 0.349 e. The molecule has 1 aliphatic carbocycles. The number of aromatic nitrogens is 2. The fourth-order valence-corrected chi connectivity index (χ4v) is 2.73. The van der Waals surface area contributed by atoms with E-state index in [0.29, 0.717) is 12.5 Å². The molecular formula is C13H22N4O. The maximum Gasteiger partial charge on any atom is 0.223 e. The van der Waals surface area contributed by atoms with E-state index in [9.17, 15) is 4.79 Å². The first-order chi connectivity index (χ1) is 8.61. The molecule has 18 heavy (non-hydrogen) atoms. The number of nitrogens with two attached hydrogens (primary N) is 1. The number of carbonyl (C=O) groups is 1. The first-order valence-corrected chi connectivity index (χ1v) is 6.60. The Hall–Kier alpha value is -1.36. The van der Waals surface area contributed by atoms with E-state index in [0.717, 1.165) is 24.8 Å². The SMILES string of the molecule is CC(NC(=O)[C@@H]1CCC[C@@H]1CN)c1cnn(C)c1. The van der Waals surface area contributed by atoms with Crippen molar-refractivity contribution in [3.05, 3.63) is 18.0 Å². The van der Waals surface area contributed by atoms with Crippen LogP contribution in [0.3, 0.4) is 0 Å². The molecule has 1 unspecified atom stereocenters. The molecule has 0 saturated heterocycles. The van der Waals surface area contributed by atoms with Crippen LogP contribution in [0.25, 0.3) is 0 Å². The van der Waals surface area contributed by atoms with Gasteiger partial charge in [0, 0.05) is 24.7 Å². The fourth-order valence-electron chi connectivity index (χ4n) is 2.73. The van der Waals surface area contributed by atoms with Crippen molar-refractivity contribution in [3.8, 4) is 0 Å². The zero-order valence-corrected chi connectivity index (χ0v) is 11.1. The van der Waals surface area contributed by atoms with Crippen LogP contribution in [0.1, 0.15) is 37.8 Å². The Kier molecular flexibility index (Phi) is 4.01. The van der Waals surface area contributed by atoms with Gasteiger partial charge < -0.3 is 11.1 Å². The van der Waals surface area contributed by atoms with Crippen LogP contribution in [0.4, 0.5) is 0 Å². The quantitative estimate of drug-likeness (QED) is 0.836. The summed E-state index contributed by atoms with van der Waals surface area (Å²) in [4.78, 5) is 12.2. The third-order valence-electron chi connectivity index (χ3n) is 3.88. The highest BCUT2D eigenvalue weighted by molar-refractivity contribution is 5.79. The number of amides is 1. The second-order valence-electron chi connectivity index (χ2n) is 5.21. The van der Waals surface area contributed by atoms with Crippen LogP contribution in [0.15, 0.2) is 12.4 Å². The van der Waals surface area contributed by atoms with E-state index in [2.05, 4.69) is 10.4 Å². The zero-order chi connectivity index (χ0) is 13.1. The monoisotopic (exact) mass is 250 g/mol. The van der Waals surface area contributed by atoms with Crippen molar-refractivity contribution < 1.29 is 4.79 Å². The third-order valence-corrected chi connectivity index (χ3v) is 3.88. The third kappa shape index (κ3) is 2.72. The molecule has 5 heteroatoms. The van der Waals surface area contributed by atoms with Gasteiger partial charge in [0.05, 0.1) is 12.2 Å². The van der Waals surface area contributed by atoms with Crippen molar-refractivity contribution in [1.29, 1.82) is 0 Å². The van der Waals surface area contributed by atoms with E-state index in [4.69, 9.17) is 5.73 Å². The van der Waals surface area contributed by atoms with Crippen molar-refractivity contribution in [3.63, 3.8) is 0 Å². The summed E-state index contributed by atoms with van der Waals surface area (Å²) < 4.78 is 1.75. The van der Waals surface area contributed by atoms with Crippen molar-refractivity contribution in [2.24, 2.45) is 24.6 Å². The smallest absolute Gasteiger partial charge is 0.223 e. The molecule has 2 rings (SSSR count). The molecule has 0 aliphatic heterocycles. The summed E-state index contributed by atoms with van der Waals surface area (Å²) in [6.45, 7) is 2.60. The van der Waals surface area contributed by atoms with Crippen LogP contribution >= 0.6 is 0 Å². The van der Waals surface area contributed by atoms with Crippen LogP contribution in [-0.2, 0) is 11.8 Å². The van der Waals surface area contributed by atoms with Gasteiger partial charge in [0.2, 0.25) is 5.91 Å². The highest BCUT2D eigenvalue weighted by atomic mass is 16.2. The first kappa shape index (κ1) is 13.1. The number of nitrogens with one attached hydrogen (secondary N) is 1. The lowest BCUT2D eigenvalue weighted by Gasteiger charge is -2.20. The minimum absolute atomic E-state index is 0.00484. The molecule has 1 aromatic heterocycles. The molecule has 0 radical (unpaired) electrons. The van der Waals surface area contributed by atoms with Crippen molar-refractivity contribution in [1.82, 2.24) is 15.1 Å². The summed E-state index contributed by atoms with van der Waals surface area (Å²) in [5.41, 5.74) is 6.75. The predicted molar refractivity (Wildman–Crippen MR) is 69.7 cm³/mol. The Balaban J connectivity index is 1.94. The Labute approximate surface area is 108 Å². The average Bonchev–Trinajstić information content (AvgIpc) is 2.96. The fraction of sp³-hybridized carbons (Fsp3) is 0.692. The van der Waals surface area contributed by atoms with Crippen molar-refractivity contribution in [2.75, 3.05) is 6.54 Å². The van der Waals surface area contributed by atoms with Crippen LogP contribution < -0.4 is 11.1 Å². The first-order valence-electron chi connectivity index (χ1n) is 6.60. The summed E-state index contributed by atoms with van der Waals surface area (Å²) in [6.07, 6.45) is 6.88. The Morgan fingerprint density at radius 3 is 3.06 bits per heavy atom. The summed E-state index contributed by atoms with van der Waals surface area (Å²) >= 11 is 0. The summed E-state index contributed by atoms with van der Waals surface area (Å²) in [7, 11) is 1.87. The van der Waals surface area contributed by atoms with Gasteiger partial charge in [-0.2, -0.15) is 5.10 Å². The summed E-state index contributed by atoms with van der Waals surface area (Å²) in [5.74, 6) is 0.583. The molecule has 1 heterocycles. The number of carbonyl (C=O) groups excluding carboxylic acids is 1. The standard InChI is InChI=1S/C13H22N4O/c1-9(11-7-15-17(2)8-11)16-13(18)12-5-3-4-10(12)6-14/h7-10,12H,3-6,14H2,1-2H3,(H,16,18)/t9?,10-,12-/m1/s1. The molecule has 3 N–H and O–H groups in total. The average molecular weight is 250 g/mol. The van der Waals surface area contributed by atoms with E-state index < -0.39 is 0 Å². The van der Waals surface area contributed by atoms with Gasteiger partial charge >= 0.3 is 0 Å². The predicted octanol–water partition coefficient (Wildman–Crippen LogP) is 0.972. The maximum absolute atomic E-state index is 12.2. The van der Waals surface area contributed by atoms with E-state index in [1.54, 1.807) is 10.9 Å². The van der Waals surface area contributed by atoms with Crippen LogP contribution in [0.5, 0.6) is 0 Å². The number of rotatable bonds is 4. The topological polar surface area (TPSA) is 72.9 Å². The van der Waals surface area contributed by atoms with Crippen molar-refractivity contribution >= 4 is 5.91 Å². The maximum atomic E-state index is 12.2. The number of nitrogens with zero attached hydrogens (tertiary/aromatic N) is 2. The molecule has 1 fully saturated rings. The van der Waals surface area contributed by atoms with Gasteiger partial charge in [-0.25, -0.2) is 0 Å².